The minimum atomic E-state index is -0.205. The van der Waals surface area contributed by atoms with Crippen LogP contribution in [0.3, 0.4) is 0 Å². The van der Waals surface area contributed by atoms with Crippen molar-refractivity contribution in [1.29, 1.82) is 0 Å². The van der Waals surface area contributed by atoms with E-state index in [2.05, 4.69) is 10.3 Å². The predicted octanol–water partition coefficient (Wildman–Crippen LogP) is 4.67. The Morgan fingerprint density at radius 2 is 2.00 bits per heavy atom. The minimum absolute atomic E-state index is 0.0632. The molecule has 0 radical (unpaired) electrons. The van der Waals surface area contributed by atoms with Gasteiger partial charge in [0.1, 0.15) is 0 Å². The highest BCUT2D eigenvalue weighted by atomic mass is 35.5. The first-order valence-electron chi connectivity index (χ1n) is 8.57. The van der Waals surface area contributed by atoms with Crippen molar-refractivity contribution in [3.63, 3.8) is 0 Å². The lowest BCUT2D eigenvalue weighted by molar-refractivity contribution is -0.113. The molecule has 0 atom stereocenters. The lowest BCUT2D eigenvalue weighted by atomic mass is 10.2. The highest BCUT2D eigenvalue weighted by Crippen LogP contribution is 2.24. The van der Waals surface area contributed by atoms with Gasteiger partial charge in [-0.3, -0.25) is 14.2 Å². The number of nitrogens with zero attached hydrogens (tertiary/aromatic N) is 2. The van der Waals surface area contributed by atoms with Crippen molar-refractivity contribution in [1.82, 2.24) is 9.55 Å². The van der Waals surface area contributed by atoms with Crippen molar-refractivity contribution < 1.29 is 4.79 Å². The van der Waals surface area contributed by atoms with Crippen LogP contribution in [0.2, 0.25) is 5.02 Å². The Hall–Kier alpha value is -2.31. The first kappa shape index (κ1) is 19.5. The van der Waals surface area contributed by atoms with Crippen molar-refractivity contribution in [2.24, 2.45) is 0 Å². The molecule has 0 unspecified atom stereocenters. The second-order valence-electron chi connectivity index (χ2n) is 6.50. The number of carbonyl (C=O) groups excluding carboxylic acids is 1. The molecule has 1 amide bonds. The zero-order valence-electron chi connectivity index (χ0n) is 15.3. The molecule has 2 aromatic carbocycles. The number of thioether (sulfide) groups is 1. The summed E-state index contributed by atoms with van der Waals surface area (Å²) in [6, 6.07) is 12.6. The number of carbonyl (C=O) groups is 1. The average Bonchev–Trinajstić information content (AvgIpc) is 2.62. The van der Waals surface area contributed by atoms with E-state index in [0.717, 1.165) is 5.56 Å². The van der Waals surface area contributed by atoms with Gasteiger partial charge in [-0.15, -0.1) is 0 Å². The van der Waals surface area contributed by atoms with Crippen molar-refractivity contribution in [2.75, 3.05) is 11.1 Å². The zero-order chi connectivity index (χ0) is 19.6. The first-order chi connectivity index (χ1) is 12.9. The van der Waals surface area contributed by atoms with Crippen LogP contribution in [0.1, 0.15) is 25.5 Å². The van der Waals surface area contributed by atoms with Crippen LogP contribution < -0.4 is 10.9 Å². The van der Waals surface area contributed by atoms with Crippen LogP contribution in [0.25, 0.3) is 10.9 Å². The SMILES string of the molecule is Cc1ccc(NC(=O)CSc2nc3ccccc3c(=O)n2C(C)C)c(Cl)c1. The lowest BCUT2D eigenvalue weighted by Crippen LogP contribution is -2.25. The van der Waals surface area contributed by atoms with Crippen molar-refractivity contribution in [2.45, 2.75) is 32.0 Å². The smallest absolute Gasteiger partial charge is 0.262 e. The van der Waals surface area contributed by atoms with E-state index < -0.39 is 0 Å². The maximum Gasteiger partial charge on any atom is 0.262 e. The summed E-state index contributed by atoms with van der Waals surface area (Å²) in [5.74, 6) is -0.0784. The van der Waals surface area contributed by atoms with E-state index in [-0.39, 0.29) is 23.3 Å². The molecule has 0 fully saturated rings. The van der Waals surface area contributed by atoms with E-state index in [4.69, 9.17) is 11.6 Å². The maximum absolute atomic E-state index is 12.8. The van der Waals surface area contributed by atoms with Gasteiger partial charge in [-0.05, 0) is 50.6 Å². The first-order valence-corrected chi connectivity index (χ1v) is 9.93. The van der Waals surface area contributed by atoms with Crippen LogP contribution in [-0.2, 0) is 4.79 Å². The Kier molecular flexibility index (Phi) is 5.87. The average molecular weight is 402 g/mol. The molecule has 3 rings (SSSR count). The van der Waals surface area contributed by atoms with Crippen LogP contribution in [0.4, 0.5) is 5.69 Å². The molecule has 27 heavy (non-hydrogen) atoms. The molecule has 0 aliphatic rings. The molecule has 0 spiro atoms. The number of amides is 1. The number of fused-ring (bicyclic) bond motifs is 1. The number of rotatable bonds is 5. The monoisotopic (exact) mass is 401 g/mol. The summed E-state index contributed by atoms with van der Waals surface area (Å²) in [6.07, 6.45) is 0. The molecule has 0 saturated heterocycles. The quantitative estimate of drug-likeness (QED) is 0.498. The number of aryl methyl sites for hydroxylation is 1. The Morgan fingerprint density at radius 3 is 2.70 bits per heavy atom. The molecule has 1 heterocycles. The number of para-hydroxylation sites is 1. The number of anilines is 1. The molecular weight excluding hydrogens is 382 g/mol. The van der Waals surface area contributed by atoms with Crippen molar-refractivity contribution in [3.8, 4) is 0 Å². The Labute approximate surface area is 166 Å². The van der Waals surface area contributed by atoms with Gasteiger partial charge in [0, 0.05) is 6.04 Å². The van der Waals surface area contributed by atoms with Gasteiger partial charge < -0.3 is 5.32 Å². The second kappa shape index (κ2) is 8.15. The normalized spacial score (nSPS) is 11.1. The molecular formula is C20H20ClN3O2S. The summed E-state index contributed by atoms with van der Waals surface area (Å²) >= 11 is 7.40. The van der Waals surface area contributed by atoms with Gasteiger partial charge in [0.05, 0.1) is 27.4 Å². The van der Waals surface area contributed by atoms with E-state index in [1.807, 2.05) is 39.0 Å². The summed E-state index contributed by atoms with van der Waals surface area (Å²) in [5.41, 5.74) is 2.12. The molecule has 1 N–H and O–H groups in total. The number of benzene rings is 2. The van der Waals surface area contributed by atoms with E-state index in [9.17, 15) is 9.59 Å². The lowest BCUT2D eigenvalue weighted by Gasteiger charge is -2.16. The molecule has 5 nitrogen and oxygen atoms in total. The molecule has 7 heteroatoms. The van der Waals surface area contributed by atoms with Crippen LogP contribution in [-0.4, -0.2) is 21.2 Å². The van der Waals surface area contributed by atoms with Crippen molar-refractivity contribution in [3.05, 3.63) is 63.4 Å². The number of hydrogen-bond donors (Lipinski definition) is 1. The third kappa shape index (κ3) is 4.34. The molecule has 140 valence electrons. The molecule has 0 bridgehead atoms. The molecule has 0 aliphatic carbocycles. The minimum Gasteiger partial charge on any atom is -0.324 e. The largest absolute Gasteiger partial charge is 0.324 e. The van der Waals surface area contributed by atoms with Gasteiger partial charge in [-0.1, -0.05) is 41.6 Å². The third-order valence-electron chi connectivity index (χ3n) is 4.02. The summed E-state index contributed by atoms with van der Waals surface area (Å²) in [7, 11) is 0. The third-order valence-corrected chi connectivity index (χ3v) is 5.29. The van der Waals surface area contributed by atoms with Crippen LogP contribution >= 0.6 is 23.4 Å². The van der Waals surface area contributed by atoms with Gasteiger partial charge in [-0.25, -0.2) is 4.98 Å². The summed E-state index contributed by atoms with van der Waals surface area (Å²) in [6.45, 7) is 5.78. The number of aromatic nitrogens is 2. The van der Waals surface area contributed by atoms with Crippen LogP contribution in [0.15, 0.2) is 52.4 Å². The summed E-state index contributed by atoms with van der Waals surface area (Å²) < 4.78 is 1.62. The molecule has 0 saturated carbocycles. The fraction of sp³-hybridized carbons (Fsp3) is 0.250. The predicted molar refractivity (Wildman–Crippen MR) is 112 cm³/mol. The standard InChI is InChI=1S/C20H20ClN3O2S/c1-12(2)24-19(26)14-6-4-5-7-16(14)23-20(24)27-11-18(25)22-17-9-8-13(3)10-15(17)21/h4-10,12H,11H2,1-3H3,(H,22,25). The van der Waals surface area contributed by atoms with Crippen LogP contribution in [0, 0.1) is 6.92 Å². The molecule has 0 aliphatic heterocycles. The zero-order valence-corrected chi connectivity index (χ0v) is 16.9. The van der Waals surface area contributed by atoms with Gasteiger partial charge in [0.15, 0.2) is 5.16 Å². The van der Waals surface area contributed by atoms with E-state index in [0.29, 0.717) is 26.8 Å². The van der Waals surface area contributed by atoms with Gasteiger partial charge in [0.25, 0.3) is 5.56 Å². The van der Waals surface area contributed by atoms with Crippen molar-refractivity contribution >= 4 is 45.9 Å². The number of hydrogen-bond acceptors (Lipinski definition) is 4. The summed E-state index contributed by atoms with van der Waals surface area (Å²) in [5, 5.41) is 4.40. The topological polar surface area (TPSA) is 64.0 Å². The fourth-order valence-electron chi connectivity index (χ4n) is 2.72. The van der Waals surface area contributed by atoms with E-state index in [1.54, 1.807) is 28.8 Å². The van der Waals surface area contributed by atoms with Gasteiger partial charge in [0.2, 0.25) is 5.91 Å². The van der Waals surface area contributed by atoms with Gasteiger partial charge in [-0.2, -0.15) is 0 Å². The van der Waals surface area contributed by atoms with Gasteiger partial charge >= 0.3 is 0 Å². The molecule has 3 aromatic rings. The molecule has 1 aromatic heterocycles. The Bertz CT molecular complexity index is 1060. The number of nitrogens with one attached hydrogen (secondary N) is 1. The summed E-state index contributed by atoms with van der Waals surface area (Å²) in [4.78, 5) is 29.7. The Morgan fingerprint density at radius 1 is 1.26 bits per heavy atom. The highest BCUT2D eigenvalue weighted by Gasteiger charge is 2.15. The maximum atomic E-state index is 12.8. The van der Waals surface area contributed by atoms with E-state index in [1.165, 1.54) is 11.8 Å². The fourth-order valence-corrected chi connectivity index (χ4v) is 3.93. The van der Waals surface area contributed by atoms with E-state index >= 15 is 0 Å². The van der Waals surface area contributed by atoms with Crippen LogP contribution in [0.5, 0.6) is 0 Å². The number of halogens is 1. The Balaban J connectivity index is 1.82. The highest BCUT2D eigenvalue weighted by molar-refractivity contribution is 7.99. The second-order valence-corrected chi connectivity index (χ2v) is 7.85.